The van der Waals surface area contributed by atoms with Crippen molar-refractivity contribution in [3.63, 3.8) is 0 Å². The van der Waals surface area contributed by atoms with Gasteiger partial charge in [-0.3, -0.25) is 9.78 Å². The smallest absolute Gasteiger partial charge is 0.335 e. The van der Waals surface area contributed by atoms with Crippen molar-refractivity contribution >= 4 is 46.7 Å². The van der Waals surface area contributed by atoms with Crippen LogP contribution in [0, 0.1) is 16.7 Å². The second kappa shape index (κ2) is 9.93. The number of aromatic amines is 1. The van der Waals surface area contributed by atoms with Crippen molar-refractivity contribution in [1.29, 1.82) is 5.26 Å². The molecule has 1 aliphatic carbocycles. The van der Waals surface area contributed by atoms with E-state index in [2.05, 4.69) is 29.1 Å². The molecular weight excluding hydrogens is 507 g/mol. The summed E-state index contributed by atoms with van der Waals surface area (Å²) in [6.45, 7) is 9.58. The first-order chi connectivity index (χ1) is 18.4. The third kappa shape index (κ3) is 5.35. The van der Waals surface area contributed by atoms with Gasteiger partial charge in [0.05, 0.1) is 22.5 Å². The van der Waals surface area contributed by atoms with Crippen LogP contribution in [0.3, 0.4) is 0 Å². The number of aliphatic carboxylic acids is 1. The molecule has 2 aromatic rings. The zero-order valence-electron chi connectivity index (χ0n) is 24.5. The SMILES string of the molecule is BC1=C(c2nc(C3CC(C)(C)OC(C)(C(=O)O)C3)ccc2NC(=O)c2nc(C#N)c[nH]2)C(B)(O)C(B)C(C)(C)C1. The minimum atomic E-state index is -1.39. The number of nitriles is 1. The maximum absolute atomic E-state index is 13.1. The van der Waals surface area contributed by atoms with Crippen LogP contribution in [0.4, 0.5) is 5.69 Å². The van der Waals surface area contributed by atoms with Gasteiger partial charge in [0.25, 0.3) is 5.91 Å². The molecule has 4 N–H and O–H groups in total. The Kier molecular flexibility index (Phi) is 7.35. The number of allylic oxidation sites excluding steroid dienone is 1. The summed E-state index contributed by atoms with van der Waals surface area (Å²) >= 11 is 0. The highest BCUT2D eigenvalue weighted by Gasteiger charge is 2.49. The van der Waals surface area contributed by atoms with Gasteiger partial charge in [0.1, 0.15) is 29.6 Å². The van der Waals surface area contributed by atoms with E-state index in [1.54, 1.807) is 26.9 Å². The van der Waals surface area contributed by atoms with Crippen molar-refractivity contribution in [2.75, 3.05) is 5.32 Å². The van der Waals surface area contributed by atoms with Gasteiger partial charge in [-0.25, -0.2) is 9.78 Å². The van der Waals surface area contributed by atoms with Crippen molar-refractivity contribution in [2.45, 2.75) is 82.3 Å². The molecule has 4 rings (SSSR count). The highest BCUT2D eigenvalue weighted by molar-refractivity contribution is 6.35. The number of carbonyl (C=O) groups excluding carboxylic acids is 1. The fraction of sp³-hybridized carbons (Fsp3) is 0.519. The molecule has 1 aliphatic heterocycles. The lowest BCUT2D eigenvalue weighted by molar-refractivity contribution is -0.200. The van der Waals surface area contributed by atoms with E-state index >= 15 is 0 Å². The maximum atomic E-state index is 13.1. The normalized spacial score (nSPS) is 29.4. The Balaban J connectivity index is 1.86. The number of carboxylic acid groups (broad SMARTS) is 1. The third-order valence-electron chi connectivity index (χ3n) is 8.72. The number of aromatic nitrogens is 3. The van der Waals surface area contributed by atoms with Crippen molar-refractivity contribution in [1.82, 2.24) is 15.0 Å². The number of nitrogens with zero attached hydrogens (tertiary/aromatic N) is 3. The first kappa shape index (κ1) is 29.6. The number of rotatable bonds is 5. The maximum Gasteiger partial charge on any atom is 0.335 e. The molecular formula is C27H36B3N5O5. The van der Waals surface area contributed by atoms with Crippen LogP contribution < -0.4 is 5.32 Å². The van der Waals surface area contributed by atoms with E-state index in [0.717, 1.165) is 11.9 Å². The van der Waals surface area contributed by atoms with Gasteiger partial charge in [0.2, 0.25) is 0 Å². The van der Waals surface area contributed by atoms with E-state index in [1.165, 1.54) is 6.20 Å². The highest BCUT2D eigenvalue weighted by Crippen LogP contribution is 2.53. The monoisotopic (exact) mass is 543 g/mol. The zero-order valence-corrected chi connectivity index (χ0v) is 24.5. The van der Waals surface area contributed by atoms with Crippen LogP contribution in [0.2, 0.25) is 5.82 Å². The summed E-state index contributed by atoms with van der Waals surface area (Å²) in [5.41, 5.74) is -0.352. The second-order valence-corrected chi connectivity index (χ2v) is 13.0. The summed E-state index contributed by atoms with van der Waals surface area (Å²) in [6.07, 6.45) is 2.86. The van der Waals surface area contributed by atoms with Gasteiger partial charge in [0, 0.05) is 17.8 Å². The largest absolute Gasteiger partial charge is 0.479 e. The number of hydrogen-bond donors (Lipinski definition) is 4. The van der Waals surface area contributed by atoms with Crippen molar-refractivity contribution in [3.8, 4) is 6.07 Å². The molecule has 4 atom stereocenters. The van der Waals surface area contributed by atoms with Crippen LogP contribution >= 0.6 is 0 Å². The molecule has 4 unspecified atom stereocenters. The Bertz CT molecular complexity index is 1440. The van der Waals surface area contributed by atoms with Crippen LogP contribution in [0.25, 0.3) is 5.57 Å². The Hall–Kier alpha value is -3.36. The van der Waals surface area contributed by atoms with Crippen LogP contribution in [0.5, 0.6) is 0 Å². The van der Waals surface area contributed by atoms with Gasteiger partial charge in [-0.15, -0.1) is 5.47 Å². The van der Waals surface area contributed by atoms with Gasteiger partial charge in [-0.05, 0) is 69.0 Å². The average Bonchev–Trinajstić information content (AvgIpc) is 3.31. The first-order valence-corrected chi connectivity index (χ1v) is 13.5. The molecule has 0 bridgehead atoms. The van der Waals surface area contributed by atoms with E-state index < -0.39 is 28.6 Å². The van der Waals surface area contributed by atoms with Gasteiger partial charge < -0.3 is 25.3 Å². The van der Waals surface area contributed by atoms with Crippen molar-refractivity contribution in [3.05, 3.63) is 46.7 Å². The molecule has 13 heteroatoms. The minimum absolute atomic E-state index is 0.0226. The topological polar surface area (TPSA) is 161 Å². The Morgan fingerprint density at radius 2 is 1.88 bits per heavy atom. The lowest BCUT2D eigenvalue weighted by atomic mass is 9.44. The van der Waals surface area contributed by atoms with Crippen LogP contribution in [-0.4, -0.2) is 77.3 Å². The van der Waals surface area contributed by atoms with Crippen LogP contribution in [-0.2, 0) is 9.53 Å². The molecule has 3 heterocycles. The fourth-order valence-corrected chi connectivity index (χ4v) is 6.61. The standard InChI is InChI=1S/C27H36B3N5O5/c1-24(2)10-15(28)18(27(30,39)22(24)29)19-17(35-21(36)20-32-12-14(11-31)33-20)7-6-16(34-19)13-8-25(3,4)40-26(5,9-13)23(37)38/h6-7,12-13,22,39H,8-10,28-30H2,1-5H3,(H,32,33)(H,35,36)(H,37,38). The molecule has 40 heavy (non-hydrogen) atoms. The lowest BCUT2D eigenvalue weighted by Gasteiger charge is -2.49. The number of anilines is 1. The third-order valence-corrected chi connectivity index (χ3v) is 8.72. The van der Waals surface area contributed by atoms with Crippen LogP contribution in [0.1, 0.15) is 87.5 Å². The summed E-state index contributed by atoms with van der Waals surface area (Å²) in [5.74, 6) is -1.97. The number of H-pyrrole nitrogens is 1. The van der Waals surface area contributed by atoms with E-state index in [-0.39, 0.29) is 35.1 Å². The number of carbonyl (C=O) groups is 2. The molecule has 0 spiro atoms. The summed E-state index contributed by atoms with van der Waals surface area (Å²) in [5, 5.41) is 33.9. The molecule has 0 radical (unpaired) electrons. The predicted octanol–water partition coefficient (Wildman–Crippen LogP) is 0.962. The summed E-state index contributed by atoms with van der Waals surface area (Å²) in [4.78, 5) is 37.0. The summed E-state index contributed by atoms with van der Waals surface area (Å²) in [6, 6.07) is 5.43. The van der Waals surface area contributed by atoms with Gasteiger partial charge >= 0.3 is 5.97 Å². The summed E-state index contributed by atoms with van der Waals surface area (Å²) < 4.78 is 5.98. The number of imidazole rings is 1. The first-order valence-electron chi connectivity index (χ1n) is 13.5. The average molecular weight is 543 g/mol. The van der Waals surface area contributed by atoms with Gasteiger partial charge in [0.15, 0.2) is 17.1 Å². The Morgan fingerprint density at radius 1 is 1.20 bits per heavy atom. The zero-order chi connectivity index (χ0) is 29.8. The predicted molar refractivity (Wildman–Crippen MR) is 158 cm³/mol. The molecule has 1 fully saturated rings. The van der Waals surface area contributed by atoms with Crippen LogP contribution in [0.15, 0.2) is 23.8 Å². The minimum Gasteiger partial charge on any atom is -0.479 e. The van der Waals surface area contributed by atoms with Crippen molar-refractivity contribution in [2.24, 2.45) is 5.41 Å². The number of hydrogen-bond acceptors (Lipinski definition) is 7. The number of pyridine rings is 1. The van der Waals surface area contributed by atoms with E-state index in [0.29, 0.717) is 29.1 Å². The molecule has 2 aromatic heterocycles. The van der Waals surface area contributed by atoms with Gasteiger partial charge in [-0.1, -0.05) is 13.8 Å². The number of nitrogens with one attached hydrogen (secondary N) is 2. The molecule has 10 nitrogen and oxygen atoms in total. The molecule has 0 saturated carbocycles. The molecule has 0 aromatic carbocycles. The quantitative estimate of drug-likeness (QED) is 0.406. The number of aliphatic hydroxyl groups is 1. The second-order valence-electron chi connectivity index (χ2n) is 13.0. The van der Waals surface area contributed by atoms with Gasteiger partial charge in [-0.2, -0.15) is 5.26 Å². The summed E-state index contributed by atoms with van der Waals surface area (Å²) in [7, 11) is 5.77. The molecule has 1 amide bonds. The Labute approximate surface area is 237 Å². The number of carboxylic acids is 1. The number of amides is 1. The van der Waals surface area contributed by atoms with E-state index in [1.807, 2.05) is 35.6 Å². The van der Waals surface area contributed by atoms with E-state index in [9.17, 15) is 19.8 Å². The van der Waals surface area contributed by atoms with E-state index in [4.69, 9.17) is 15.0 Å². The number of ether oxygens (including phenoxy) is 1. The van der Waals surface area contributed by atoms with Crippen molar-refractivity contribution < 1.29 is 24.5 Å². The Morgan fingerprint density at radius 3 is 2.48 bits per heavy atom. The fourth-order valence-electron chi connectivity index (χ4n) is 6.61. The molecule has 1 saturated heterocycles. The molecule has 2 aliphatic rings. The highest BCUT2D eigenvalue weighted by atomic mass is 16.5. The molecule has 208 valence electrons. The lowest BCUT2D eigenvalue weighted by Crippen LogP contribution is -2.51.